The Morgan fingerprint density at radius 3 is 1.67 bits per heavy atom. The summed E-state index contributed by atoms with van der Waals surface area (Å²) in [5.41, 5.74) is -5.56. The highest BCUT2D eigenvalue weighted by Crippen LogP contribution is 2.55. The van der Waals surface area contributed by atoms with Crippen LogP contribution < -0.4 is 0 Å². The van der Waals surface area contributed by atoms with Gasteiger partial charge in [-0.1, -0.05) is 141 Å². The lowest BCUT2D eigenvalue weighted by Crippen LogP contribution is -2.14. The highest BCUT2D eigenvalue weighted by molar-refractivity contribution is 6.27. The van der Waals surface area contributed by atoms with Crippen LogP contribution in [0.25, 0.3) is 87.6 Å². The van der Waals surface area contributed by atoms with Crippen LogP contribution in [0.3, 0.4) is 0 Å². The smallest absolute Gasteiger partial charge is 0.136 e. The molecular weight excluding hydrogens is 556 g/mol. The molecule has 0 unspecified atom stereocenters. The van der Waals surface area contributed by atoms with E-state index in [0.29, 0.717) is 0 Å². The third-order valence-corrected chi connectivity index (χ3v) is 8.64. The second-order valence-electron chi connectivity index (χ2n) is 11.4. The van der Waals surface area contributed by atoms with Crippen molar-refractivity contribution < 1.29 is 37.3 Å². The number of hydrogen-bond donors (Lipinski definition) is 0. The van der Waals surface area contributed by atoms with Crippen LogP contribution in [0, 0.1) is 0 Å². The largest absolute Gasteiger partial charge is 0.456 e. The Kier molecular flexibility index (Phi) is 2.32. The molecular formula is C45H30O. The lowest BCUT2D eigenvalue weighted by molar-refractivity contribution is 0.660. The fourth-order valence-corrected chi connectivity index (χ4v) is 6.64. The zero-order chi connectivity index (χ0) is 51.5. The Morgan fingerprint density at radius 2 is 0.957 bits per heavy atom. The fourth-order valence-electron chi connectivity index (χ4n) is 6.64. The fraction of sp³-hybridized carbons (Fsp3) is 0.0667. The van der Waals surface area contributed by atoms with E-state index in [2.05, 4.69) is 0 Å². The molecule has 1 aliphatic rings. The molecule has 0 saturated heterocycles. The van der Waals surface area contributed by atoms with E-state index in [0.717, 1.165) is 0 Å². The third kappa shape index (κ3) is 3.35. The predicted molar refractivity (Wildman–Crippen MR) is 195 cm³/mol. The highest BCUT2D eigenvalue weighted by Gasteiger charge is 2.37. The summed E-state index contributed by atoms with van der Waals surface area (Å²) in [7, 11) is 0. The van der Waals surface area contributed by atoms with Crippen LogP contribution in [0.4, 0.5) is 0 Å². The van der Waals surface area contributed by atoms with Gasteiger partial charge in [0, 0.05) is 16.2 Å². The lowest BCUT2D eigenvalue weighted by atomic mass is 9.80. The Bertz CT molecular complexity index is 4000. The van der Waals surface area contributed by atoms with Gasteiger partial charge in [-0.05, 0) is 95.0 Å². The van der Waals surface area contributed by atoms with Crippen LogP contribution in [0.5, 0.6) is 0 Å². The number of rotatable bonds is 2. The molecule has 9 aromatic rings. The molecule has 0 atom stereocenters. The maximum absolute atomic E-state index is 9.61. The van der Waals surface area contributed by atoms with Crippen molar-refractivity contribution in [2.45, 2.75) is 19.3 Å². The maximum Gasteiger partial charge on any atom is 0.136 e. The van der Waals surface area contributed by atoms with Gasteiger partial charge in [-0.25, -0.2) is 0 Å². The summed E-state index contributed by atoms with van der Waals surface area (Å²) in [4.78, 5) is 0. The van der Waals surface area contributed by atoms with E-state index < -0.39 is 227 Å². The second-order valence-corrected chi connectivity index (χ2v) is 11.4. The Balaban J connectivity index is 1.58. The van der Waals surface area contributed by atoms with Crippen molar-refractivity contribution in [1.82, 2.24) is 0 Å². The molecule has 1 aliphatic carbocycles. The van der Waals surface area contributed by atoms with Gasteiger partial charge < -0.3 is 4.42 Å². The van der Waals surface area contributed by atoms with Crippen LogP contribution in [-0.2, 0) is 5.41 Å². The first kappa shape index (κ1) is 11.6. The molecule has 1 nitrogen and oxygen atoms in total. The van der Waals surface area contributed by atoms with Gasteiger partial charge in [-0.3, -0.25) is 0 Å². The van der Waals surface area contributed by atoms with Gasteiger partial charge in [0.2, 0.25) is 0 Å². The van der Waals surface area contributed by atoms with Crippen LogP contribution in [0.2, 0.25) is 0 Å². The van der Waals surface area contributed by atoms with E-state index >= 15 is 0 Å². The van der Waals surface area contributed by atoms with E-state index in [1.165, 1.54) is 13.8 Å². The molecule has 216 valence electrons. The van der Waals surface area contributed by atoms with Crippen LogP contribution in [0.15, 0.2) is 149 Å². The number of furan rings is 1. The quantitative estimate of drug-likeness (QED) is 0.177. The van der Waals surface area contributed by atoms with Crippen molar-refractivity contribution in [3.8, 4) is 33.4 Å². The Labute approximate surface area is 301 Å². The van der Waals surface area contributed by atoms with E-state index in [-0.39, 0.29) is 22.3 Å². The number of fused-ring (bicyclic) bond motifs is 9. The van der Waals surface area contributed by atoms with Crippen LogP contribution >= 0.6 is 0 Å². The molecule has 0 bridgehead atoms. The summed E-state index contributed by atoms with van der Waals surface area (Å²) >= 11 is 0. The minimum atomic E-state index is -1.52. The second kappa shape index (κ2) is 9.19. The monoisotopic (exact) mass is 610 g/mol. The molecule has 0 spiro atoms. The number of hydrogen-bond acceptors (Lipinski definition) is 1. The normalized spacial score (nSPS) is 20.9. The predicted octanol–water partition coefficient (Wildman–Crippen LogP) is 12.7. The van der Waals surface area contributed by atoms with Gasteiger partial charge in [-0.15, -0.1) is 0 Å². The zero-order valence-electron chi connectivity index (χ0n) is 47.9. The molecule has 0 aliphatic heterocycles. The molecule has 10 rings (SSSR count). The third-order valence-electron chi connectivity index (χ3n) is 8.64. The summed E-state index contributed by atoms with van der Waals surface area (Å²) in [6, 6.07) is -19.0. The summed E-state index contributed by atoms with van der Waals surface area (Å²) < 4.78 is 225. The van der Waals surface area contributed by atoms with Crippen molar-refractivity contribution in [3.63, 3.8) is 0 Å². The molecule has 0 radical (unpaired) electrons. The molecule has 0 saturated carbocycles. The van der Waals surface area contributed by atoms with Crippen molar-refractivity contribution >= 4 is 54.3 Å². The molecule has 1 heterocycles. The summed E-state index contributed by atoms with van der Waals surface area (Å²) in [6.07, 6.45) is 0. The first-order valence-electron chi connectivity index (χ1n) is 26.2. The Hall–Kier alpha value is -5.66. The Morgan fingerprint density at radius 1 is 0.435 bits per heavy atom. The van der Waals surface area contributed by atoms with E-state index in [1.807, 2.05) is 0 Å². The van der Waals surface area contributed by atoms with Gasteiger partial charge in [-0.2, -0.15) is 0 Å². The van der Waals surface area contributed by atoms with Gasteiger partial charge in [0.15, 0.2) is 0 Å². The first-order valence-corrected chi connectivity index (χ1v) is 14.2. The molecule has 0 fully saturated rings. The molecule has 1 aromatic heterocycles. The lowest BCUT2D eigenvalue weighted by Gasteiger charge is -2.22. The van der Waals surface area contributed by atoms with Gasteiger partial charge in [0.05, 0.1) is 32.9 Å². The average Bonchev–Trinajstić information content (AvgIpc) is 3.84. The first-order chi connectivity index (χ1) is 32.6. The molecule has 0 N–H and O–H groups in total. The van der Waals surface area contributed by atoms with Crippen molar-refractivity contribution in [2.24, 2.45) is 0 Å². The maximum atomic E-state index is 9.61. The van der Waals surface area contributed by atoms with Crippen molar-refractivity contribution in [3.05, 3.63) is 156 Å². The highest BCUT2D eigenvalue weighted by atomic mass is 16.3. The SMILES string of the molecule is [2H]c1c([2H])c([2H])c2c(c1[2H])-c1c(-c3c4c([2H])c([2H])c([2H])c([2H])c4c(-c4c([2H])c([2H])c([2H])c5oc6c([2H])c7c([2H])c([2H])c([2H])c([2H])c7c([2H])c6c45)c4c([2H])c([2H])c([2H])c([2H])c34)c([2H])c([2H])c([2H])c1C2(C)C. The minimum absolute atomic E-state index is 0.0498. The van der Waals surface area contributed by atoms with Crippen LogP contribution in [-0.4, -0.2) is 0 Å². The van der Waals surface area contributed by atoms with Crippen LogP contribution in [0.1, 0.15) is 57.9 Å². The summed E-state index contributed by atoms with van der Waals surface area (Å²) in [5.74, 6) is 0. The van der Waals surface area contributed by atoms with Gasteiger partial charge in [0.1, 0.15) is 11.2 Å². The van der Waals surface area contributed by atoms with Gasteiger partial charge >= 0.3 is 0 Å². The van der Waals surface area contributed by atoms with E-state index in [9.17, 15) is 15.1 Å². The number of benzene rings is 8. The van der Waals surface area contributed by atoms with Gasteiger partial charge in [0.25, 0.3) is 0 Å². The zero-order valence-corrected chi connectivity index (χ0v) is 23.9. The van der Waals surface area contributed by atoms with Crippen molar-refractivity contribution in [1.29, 1.82) is 0 Å². The summed E-state index contributed by atoms with van der Waals surface area (Å²) in [6.45, 7) is 3.06. The molecule has 0 amide bonds. The molecule has 1 heteroatoms. The molecule has 8 aromatic carbocycles. The average molecular weight is 611 g/mol. The van der Waals surface area contributed by atoms with E-state index in [1.54, 1.807) is 0 Å². The standard InChI is InChI=1S/C45H30O/c1-45(2)37-22-10-9-19-33(37)43-34(20-11-23-38(43)45)41-29-15-5-7-17-31(29)42(32-18-8-6-16-30(32)41)35-21-12-24-39-44(35)36-25-27-13-3-4-14-28(27)26-40(36)46-39/h3-26H,1-2H3/i3D,4D,5D,6D,7D,8D,9D,10D,11D,12D,13D,14D,15D,16D,17D,18D,19D,20D,21D,22D,23D,24D,25D,26D. The van der Waals surface area contributed by atoms with E-state index in [4.69, 9.17) is 22.2 Å². The topological polar surface area (TPSA) is 13.1 Å². The minimum Gasteiger partial charge on any atom is -0.456 e. The summed E-state index contributed by atoms with van der Waals surface area (Å²) in [5, 5.41) is -4.31. The molecule has 46 heavy (non-hydrogen) atoms. The van der Waals surface area contributed by atoms with Crippen molar-refractivity contribution in [2.75, 3.05) is 0 Å².